The molecule has 0 fully saturated rings. The average Bonchev–Trinajstić information content (AvgIpc) is 3.10. The number of benzene rings is 1. The van der Waals surface area contributed by atoms with Crippen molar-refractivity contribution in [3.8, 4) is 0 Å². The smallest absolute Gasteiger partial charge is 0.412 e. The summed E-state index contributed by atoms with van der Waals surface area (Å²) in [6.45, 7) is 0.120. The van der Waals surface area contributed by atoms with Crippen LogP contribution in [0.3, 0.4) is 0 Å². The molecule has 2 aromatic rings. The molecule has 0 atom stereocenters. The van der Waals surface area contributed by atoms with Gasteiger partial charge in [0.05, 0.1) is 7.11 Å². The maximum absolute atomic E-state index is 12.7. The van der Waals surface area contributed by atoms with Gasteiger partial charge in [-0.1, -0.05) is 41.6 Å². The number of halogens is 3. The van der Waals surface area contributed by atoms with Crippen LogP contribution >= 0.6 is 0 Å². The van der Waals surface area contributed by atoms with E-state index >= 15 is 0 Å². The highest BCUT2D eigenvalue weighted by atomic mass is 19.4. The summed E-state index contributed by atoms with van der Waals surface area (Å²) < 4.78 is 47.9. The van der Waals surface area contributed by atoms with Crippen LogP contribution in [0, 0.1) is 0 Å². The third kappa shape index (κ3) is 4.17. The molecule has 0 radical (unpaired) electrons. The number of hydrogen-bond donors (Lipinski definition) is 1. The lowest BCUT2D eigenvalue weighted by Crippen LogP contribution is -2.13. The van der Waals surface area contributed by atoms with Crippen molar-refractivity contribution in [1.29, 1.82) is 0 Å². The van der Waals surface area contributed by atoms with Crippen LogP contribution in [0.15, 0.2) is 46.5 Å². The first-order chi connectivity index (χ1) is 13.3. The van der Waals surface area contributed by atoms with Crippen molar-refractivity contribution >= 4 is 11.5 Å². The van der Waals surface area contributed by atoms with Gasteiger partial charge < -0.3 is 15.0 Å². The molecule has 148 valence electrons. The standard InChI is InChI=1S/C20H19F3N2O3/c1-27-19(26)18-16(17(11-24)25-28-18)10-12-2-4-13(5-3-12)14-6-8-15(9-7-14)20(21,22)23/h2-6,8H,7,9-11,24H2,1H3. The van der Waals surface area contributed by atoms with Gasteiger partial charge in [0, 0.05) is 24.1 Å². The minimum absolute atomic E-state index is 0.0202. The molecule has 1 aromatic heterocycles. The molecule has 28 heavy (non-hydrogen) atoms. The highest BCUT2D eigenvalue weighted by Gasteiger charge is 2.33. The van der Waals surface area contributed by atoms with Crippen LogP contribution in [0.2, 0.25) is 0 Å². The SMILES string of the molecule is COC(=O)c1onc(CN)c1Cc1ccc(C2=CC=C(C(F)(F)F)CC2)cc1. The second-order valence-corrected chi connectivity index (χ2v) is 6.39. The molecule has 0 unspecified atom stereocenters. The zero-order chi connectivity index (χ0) is 20.3. The molecule has 0 aliphatic heterocycles. The van der Waals surface area contributed by atoms with Gasteiger partial charge in [0.1, 0.15) is 5.69 Å². The normalized spacial score (nSPS) is 14.5. The van der Waals surface area contributed by atoms with Gasteiger partial charge in [-0.3, -0.25) is 0 Å². The minimum Gasteiger partial charge on any atom is -0.463 e. The number of ether oxygens (including phenoxy) is 1. The van der Waals surface area contributed by atoms with Crippen LogP contribution in [-0.4, -0.2) is 24.4 Å². The van der Waals surface area contributed by atoms with Crippen LogP contribution in [0.4, 0.5) is 13.2 Å². The Labute approximate surface area is 159 Å². The number of carbonyl (C=O) groups excluding carboxylic acids is 1. The molecule has 2 N–H and O–H groups in total. The number of allylic oxidation sites excluding steroid dienone is 4. The zero-order valence-electron chi connectivity index (χ0n) is 15.2. The lowest BCUT2D eigenvalue weighted by molar-refractivity contribution is -0.0939. The number of nitrogens with two attached hydrogens (primary N) is 1. The predicted octanol–water partition coefficient (Wildman–Crippen LogP) is 4.18. The Balaban J connectivity index is 1.80. The van der Waals surface area contributed by atoms with Crippen molar-refractivity contribution in [2.24, 2.45) is 5.73 Å². The molecular formula is C20H19F3N2O3. The van der Waals surface area contributed by atoms with Gasteiger partial charge >= 0.3 is 12.1 Å². The number of esters is 1. The summed E-state index contributed by atoms with van der Waals surface area (Å²) in [5.74, 6) is -0.606. The summed E-state index contributed by atoms with van der Waals surface area (Å²) in [5.41, 5.74) is 8.78. The van der Waals surface area contributed by atoms with Crippen LogP contribution in [0.25, 0.3) is 5.57 Å². The molecule has 1 aliphatic carbocycles. The van der Waals surface area contributed by atoms with Gasteiger partial charge in [0.2, 0.25) is 5.76 Å². The van der Waals surface area contributed by atoms with Crippen molar-refractivity contribution < 1.29 is 27.2 Å². The van der Waals surface area contributed by atoms with E-state index in [0.717, 1.165) is 22.8 Å². The van der Waals surface area contributed by atoms with Crippen LogP contribution in [-0.2, 0) is 17.7 Å². The molecule has 8 heteroatoms. The van der Waals surface area contributed by atoms with Gasteiger partial charge in [-0.05, 0) is 29.5 Å². The van der Waals surface area contributed by atoms with E-state index in [-0.39, 0.29) is 18.7 Å². The van der Waals surface area contributed by atoms with Crippen LogP contribution in [0.1, 0.15) is 45.8 Å². The fraction of sp³-hybridized carbons (Fsp3) is 0.300. The van der Waals surface area contributed by atoms with E-state index < -0.39 is 17.7 Å². The molecule has 5 nitrogen and oxygen atoms in total. The summed E-state index contributed by atoms with van der Waals surface area (Å²) in [4.78, 5) is 11.8. The molecule has 0 saturated heterocycles. The highest BCUT2D eigenvalue weighted by Crippen LogP contribution is 2.35. The summed E-state index contributed by atoms with van der Waals surface area (Å²) >= 11 is 0. The number of methoxy groups -OCH3 is 1. The first-order valence-electron chi connectivity index (χ1n) is 8.65. The number of aromatic nitrogens is 1. The van der Waals surface area contributed by atoms with Crippen molar-refractivity contribution in [2.45, 2.75) is 32.0 Å². The maximum Gasteiger partial charge on any atom is 0.412 e. The Kier molecular flexibility index (Phi) is 5.69. The number of nitrogens with zero attached hydrogens (tertiary/aromatic N) is 1. The Morgan fingerprint density at radius 1 is 1.21 bits per heavy atom. The Bertz CT molecular complexity index is 925. The molecular weight excluding hydrogens is 373 g/mol. The average molecular weight is 392 g/mol. The van der Waals surface area contributed by atoms with E-state index in [1.807, 2.05) is 24.3 Å². The summed E-state index contributed by atoms with van der Waals surface area (Å²) in [5, 5.41) is 3.81. The second-order valence-electron chi connectivity index (χ2n) is 6.39. The number of carbonyl (C=O) groups is 1. The molecule has 3 rings (SSSR count). The van der Waals surface area contributed by atoms with Crippen molar-refractivity contribution in [1.82, 2.24) is 5.16 Å². The third-order valence-electron chi connectivity index (χ3n) is 4.65. The molecule has 0 amide bonds. The van der Waals surface area contributed by atoms with Gasteiger partial charge in [-0.2, -0.15) is 13.2 Å². The summed E-state index contributed by atoms with van der Waals surface area (Å²) in [6.07, 6.45) is -0.940. The van der Waals surface area contributed by atoms with E-state index in [4.69, 9.17) is 15.0 Å². The van der Waals surface area contributed by atoms with Crippen LogP contribution < -0.4 is 5.73 Å². The summed E-state index contributed by atoms with van der Waals surface area (Å²) in [6, 6.07) is 7.41. The first kappa shape index (κ1) is 19.9. The number of hydrogen-bond acceptors (Lipinski definition) is 5. The van der Waals surface area contributed by atoms with E-state index in [1.54, 1.807) is 0 Å². The van der Waals surface area contributed by atoms with E-state index in [9.17, 15) is 18.0 Å². The highest BCUT2D eigenvalue weighted by molar-refractivity contribution is 5.88. The largest absolute Gasteiger partial charge is 0.463 e. The lowest BCUT2D eigenvalue weighted by Gasteiger charge is -2.17. The predicted molar refractivity (Wildman–Crippen MR) is 96.3 cm³/mol. The zero-order valence-corrected chi connectivity index (χ0v) is 15.2. The lowest BCUT2D eigenvalue weighted by atomic mass is 9.92. The quantitative estimate of drug-likeness (QED) is 0.773. The fourth-order valence-corrected chi connectivity index (χ4v) is 3.09. The Morgan fingerprint density at radius 2 is 1.93 bits per heavy atom. The first-order valence-corrected chi connectivity index (χ1v) is 8.65. The molecule has 0 spiro atoms. The van der Waals surface area contributed by atoms with E-state index in [2.05, 4.69) is 5.16 Å². The molecule has 1 heterocycles. The topological polar surface area (TPSA) is 78.3 Å². The monoisotopic (exact) mass is 392 g/mol. The maximum atomic E-state index is 12.7. The number of alkyl halides is 3. The summed E-state index contributed by atoms with van der Waals surface area (Å²) in [7, 11) is 1.25. The molecule has 1 aliphatic rings. The van der Waals surface area contributed by atoms with E-state index in [0.29, 0.717) is 24.1 Å². The minimum atomic E-state index is -4.28. The van der Waals surface area contributed by atoms with Gasteiger partial charge in [0.15, 0.2) is 0 Å². The van der Waals surface area contributed by atoms with Gasteiger partial charge in [-0.25, -0.2) is 4.79 Å². The third-order valence-corrected chi connectivity index (χ3v) is 4.65. The van der Waals surface area contributed by atoms with Crippen molar-refractivity contribution in [3.05, 3.63) is 70.1 Å². The second kappa shape index (κ2) is 8.02. The number of rotatable bonds is 5. The Hall–Kier alpha value is -2.87. The van der Waals surface area contributed by atoms with Crippen molar-refractivity contribution in [2.75, 3.05) is 7.11 Å². The van der Waals surface area contributed by atoms with Gasteiger partial charge in [-0.15, -0.1) is 0 Å². The molecule has 1 aromatic carbocycles. The fourth-order valence-electron chi connectivity index (χ4n) is 3.09. The molecule has 0 bridgehead atoms. The molecule has 0 saturated carbocycles. The van der Waals surface area contributed by atoms with E-state index in [1.165, 1.54) is 13.2 Å². The van der Waals surface area contributed by atoms with Crippen molar-refractivity contribution in [3.63, 3.8) is 0 Å². The Morgan fingerprint density at radius 3 is 2.46 bits per heavy atom. The van der Waals surface area contributed by atoms with Crippen LogP contribution in [0.5, 0.6) is 0 Å². The van der Waals surface area contributed by atoms with Gasteiger partial charge in [0.25, 0.3) is 0 Å².